The van der Waals surface area contributed by atoms with Gasteiger partial charge in [-0.3, -0.25) is 4.79 Å². The Morgan fingerprint density at radius 1 is 1.65 bits per heavy atom. The van der Waals surface area contributed by atoms with E-state index in [4.69, 9.17) is 15.1 Å². The van der Waals surface area contributed by atoms with Crippen LogP contribution in [0.15, 0.2) is 17.4 Å². The fraction of sp³-hybridized carbons (Fsp3) is 0.600. The second kappa shape index (κ2) is 6.87. The van der Waals surface area contributed by atoms with Gasteiger partial charge in [0, 0.05) is 19.3 Å². The van der Waals surface area contributed by atoms with Crippen LogP contribution >= 0.6 is 0 Å². The molecule has 7 heteroatoms. The van der Waals surface area contributed by atoms with Crippen molar-refractivity contribution in [1.82, 2.24) is 10.2 Å². The quantitative estimate of drug-likeness (QED) is 0.198. The first kappa shape index (κ1) is 13.5. The van der Waals surface area contributed by atoms with Crippen LogP contribution in [0.4, 0.5) is 0 Å². The summed E-state index contributed by atoms with van der Waals surface area (Å²) in [4.78, 5) is 11.9. The molecule has 1 heterocycles. The zero-order chi connectivity index (χ0) is 12.7. The Bertz CT molecular complexity index is 306. The van der Waals surface area contributed by atoms with Crippen LogP contribution in [0.2, 0.25) is 0 Å². The summed E-state index contributed by atoms with van der Waals surface area (Å²) in [5.41, 5.74) is 0. The number of aliphatic hydroxyl groups excluding tert-OH is 1. The predicted molar refractivity (Wildman–Crippen MR) is 60.3 cm³/mol. The van der Waals surface area contributed by atoms with E-state index in [9.17, 15) is 4.79 Å². The number of aliphatic hydroxyl groups is 1. The number of hydrogen-bond acceptors (Lipinski definition) is 6. The Morgan fingerprint density at radius 3 is 2.94 bits per heavy atom. The van der Waals surface area contributed by atoms with Crippen LogP contribution in [-0.2, 0) is 9.53 Å². The van der Waals surface area contributed by atoms with Gasteiger partial charge < -0.3 is 25.3 Å². The highest BCUT2D eigenvalue weighted by Gasteiger charge is 2.26. The van der Waals surface area contributed by atoms with Crippen molar-refractivity contribution >= 4 is 12.2 Å². The summed E-state index contributed by atoms with van der Waals surface area (Å²) < 4.78 is 5.53. The number of hydrogen-bond donors (Lipinski definition) is 3. The molecule has 0 aromatic rings. The fourth-order valence-corrected chi connectivity index (χ4v) is 1.58. The van der Waals surface area contributed by atoms with Gasteiger partial charge >= 0.3 is 0 Å². The van der Waals surface area contributed by atoms with Gasteiger partial charge in [-0.2, -0.15) is 0 Å². The van der Waals surface area contributed by atoms with Crippen molar-refractivity contribution in [2.45, 2.75) is 25.2 Å². The smallest absolute Gasteiger partial charge is 0.212 e. The van der Waals surface area contributed by atoms with E-state index in [-0.39, 0.29) is 24.8 Å². The third kappa shape index (κ3) is 4.04. The Balaban J connectivity index is 2.46. The van der Waals surface area contributed by atoms with Crippen LogP contribution in [0, 0.1) is 0 Å². The number of oxime groups is 1. The highest BCUT2D eigenvalue weighted by molar-refractivity contribution is 5.98. The lowest BCUT2D eigenvalue weighted by atomic mass is 10.2. The zero-order valence-electron chi connectivity index (χ0n) is 9.61. The highest BCUT2D eigenvalue weighted by Crippen LogP contribution is 2.21. The number of nitrogens with one attached hydrogen (secondary N) is 1. The maximum absolute atomic E-state index is 10.2. The SMILES string of the molecule is CN(/C=C\C(=N\O)NC=O)C1CCC(CO)O1. The van der Waals surface area contributed by atoms with Crippen LogP contribution in [0.5, 0.6) is 0 Å². The highest BCUT2D eigenvalue weighted by atomic mass is 16.5. The number of ether oxygens (including phenoxy) is 1. The number of rotatable bonds is 5. The van der Waals surface area contributed by atoms with Gasteiger partial charge in [0.1, 0.15) is 6.23 Å². The molecule has 1 aliphatic heterocycles. The Kier molecular flexibility index (Phi) is 5.44. The van der Waals surface area contributed by atoms with Crippen LogP contribution in [0.3, 0.4) is 0 Å². The molecule has 0 aliphatic carbocycles. The van der Waals surface area contributed by atoms with E-state index < -0.39 is 0 Å². The van der Waals surface area contributed by atoms with Crippen LogP contribution in [-0.4, -0.2) is 53.4 Å². The van der Waals surface area contributed by atoms with E-state index in [0.29, 0.717) is 6.41 Å². The molecule has 2 atom stereocenters. The summed E-state index contributed by atoms with van der Waals surface area (Å²) in [5.74, 6) is 0.0450. The second-order valence-corrected chi connectivity index (χ2v) is 3.70. The first-order valence-electron chi connectivity index (χ1n) is 5.30. The van der Waals surface area contributed by atoms with E-state index in [1.54, 1.807) is 18.1 Å². The normalized spacial score (nSPS) is 25.2. The predicted octanol–water partition coefficient (Wildman–Crippen LogP) is -0.537. The Labute approximate surface area is 99.4 Å². The molecule has 1 rings (SSSR count). The molecule has 3 N–H and O–H groups in total. The van der Waals surface area contributed by atoms with Crippen LogP contribution in [0.1, 0.15) is 12.8 Å². The Morgan fingerprint density at radius 2 is 2.41 bits per heavy atom. The first-order valence-corrected chi connectivity index (χ1v) is 5.30. The topological polar surface area (TPSA) is 94.4 Å². The minimum Gasteiger partial charge on any atom is -0.409 e. The minimum atomic E-state index is -0.116. The third-order valence-corrected chi connectivity index (χ3v) is 2.53. The Hall–Kier alpha value is -1.60. The number of nitrogens with zero attached hydrogens (tertiary/aromatic N) is 2. The van der Waals surface area contributed by atoms with Gasteiger partial charge in [-0.25, -0.2) is 0 Å². The maximum Gasteiger partial charge on any atom is 0.212 e. The van der Waals surface area contributed by atoms with Crippen molar-refractivity contribution in [2.24, 2.45) is 5.16 Å². The van der Waals surface area contributed by atoms with Gasteiger partial charge in [-0.15, -0.1) is 0 Å². The van der Waals surface area contributed by atoms with Crippen molar-refractivity contribution in [1.29, 1.82) is 0 Å². The van der Waals surface area contributed by atoms with Crippen molar-refractivity contribution < 1.29 is 19.8 Å². The zero-order valence-corrected chi connectivity index (χ0v) is 9.61. The van der Waals surface area contributed by atoms with E-state index >= 15 is 0 Å². The lowest BCUT2D eigenvalue weighted by Gasteiger charge is -2.22. The molecule has 96 valence electrons. The summed E-state index contributed by atoms with van der Waals surface area (Å²) in [7, 11) is 1.80. The van der Waals surface area contributed by atoms with Gasteiger partial charge in [0.15, 0.2) is 5.84 Å². The monoisotopic (exact) mass is 243 g/mol. The molecular formula is C10H17N3O4. The molecule has 1 saturated heterocycles. The fourth-order valence-electron chi connectivity index (χ4n) is 1.58. The van der Waals surface area contributed by atoms with Crippen molar-refractivity contribution in [2.75, 3.05) is 13.7 Å². The summed E-state index contributed by atoms with van der Waals surface area (Å²) in [6, 6.07) is 0. The van der Waals surface area contributed by atoms with Gasteiger partial charge in [-0.1, -0.05) is 5.16 Å². The van der Waals surface area contributed by atoms with E-state index in [1.807, 2.05) is 0 Å². The minimum absolute atomic E-state index is 0.0180. The number of carbonyl (C=O) groups is 1. The molecule has 0 aromatic carbocycles. The lowest BCUT2D eigenvalue weighted by Crippen LogP contribution is -2.28. The van der Waals surface area contributed by atoms with E-state index in [1.165, 1.54) is 6.08 Å². The van der Waals surface area contributed by atoms with E-state index in [0.717, 1.165) is 12.8 Å². The summed E-state index contributed by atoms with van der Waals surface area (Å²) >= 11 is 0. The molecule has 17 heavy (non-hydrogen) atoms. The molecule has 1 amide bonds. The molecule has 0 saturated carbocycles. The summed E-state index contributed by atoms with van der Waals surface area (Å²) in [6.07, 6.45) is 4.91. The number of amidine groups is 1. The van der Waals surface area contributed by atoms with Crippen molar-refractivity contribution in [3.8, 4) is 0 Å². The molecule has 0 spiro atoms. The van der Waals surface area contributed by atoms with E-state index in [2.05, 4.69) is 10.5 Å². The molecular weight excluding hydrogens is 226 g/mol. The standard InChI is InChI=1S/C10H17N3O4/c1-13(5-4-9(12-16)11-7-15)10-3-2-8(6-14)17-10/h4-5,7-8,10,14,16H,2-3,6H2,1H3,(H,11,12,15)/b5-4-. The largest absolute Gasteiger partial charge is 0.409 e. The lowest BCUT2D eigenvalue weighted by molar-refractivity contribution is -0.108. The van der Waals surface area contributed by atoms with Gasteiger partial charge in [0.2, 0.25) is 6.41 Å². The molecule has 0 aromatic heterocycles. The number of carbonyl (C=O) groups excluding carboxylic acids is 1. The summed E-state index contributed by atoms with van der Waals surface area (Å²) in [5, 5.41) is 22.6. The van der Waals surface area contributed by atoms with Crippen LogP contribution < -0.4 is 5.32 Å². The van der Waals surface area contributed by atoms with Gasteiger partial charge in [0.25, 0.3) is 0 Å². The number of amides is 1. The molecule has 0 bridgehead atoms. The van der Waals surface area contributed by atoms with Crippen molar-refractivity contribution in [3.63, 3.8) is 0 Å². The average Bonchev–Trinajstić information content (AvgIpc) is 2.82. The van der Waals surface area contributed by atoms with Gasteiger partial charge in [0.05, 0.1) is 12.7 Å². The molecule has 1 aliphatic rings. The van der Waals surface area contributed by atoms with Gasteiger partial charge in [-0.05, 0) is 12.8 Å². The molecule has 2 unspecified atom stereocenters. The molecule has 7 nitrogen and oxygen atoms in total. The maximum atomic E-state index is 10.2. The second-order valence-electron chi connectivity index (χ2n) is 3.70. The average molecular weight is 243 g/mol. The summed E-state index contributed by atoms with van der Waals surface area (Å²) in [6.45, 7) is 0.0180. The first-order chi connectivity index (χ1) is 8.21. The third-order valence-electron chi connectivity index (χ3n) is 2.53. The van der Waals surface area contributed by atoms with Crippen LogP contribution in [0.25, 0.3) is 0 Å². The molecule has 0 radical (unpaired) electrons. The van der Waals surface area contributed by atoms with Crippen molar-refractivity contribution in [3.05, 3.63) is 12.3 Å². The molecule has 1 fully saturated rings.